The number of pyridine rings is 3. The van der Waals surface area contributed by atoms with Crippen molar-refractivity contribution in [2.45, 2.75) is 261 Å². The number of ketones is 2. The monoisotopic (exact) mass is 1660 g/mol. The molecule has 9 aliphatic rings. The zero-order chi connectivity index (χ0) is 85.8. The van der Waals surface area contributed by atoms with Gasteiger partial charge in [-0.1, -0.05) is 79.6 Å². The third-order valence-electron chi connectivity index (χ3n) is 23.5. The molecule has 9 atom stereocenters. The van der Waals surface area contributed by atoms with Crippen LogP contribution in [-0.4, -0.2) is 182 Å². The minimum Gasteiger partial charge on any atom is -0.483 e. The number of carbonyl (C=O) groups excluding carboxylic acids is 9. The Kier molecular flexibility index (Phi) is 22.5. The first-order chi connectivity index (χ1) is 55.1. The lowest BCUT2D eigenvalue weighted by atomic mass is 9.83. The van der Waals surface area contributed by atoms with Crippen LogP contribution in [0.1, 0.15) is 211 Å². The number of alkyl halides is 4. The maximum Gasteiger partial charge on any atom is 0.411 e. The molecular formula is C87H103F4N7O19S. The van der Waals surface area contributed by atoms with Gasteiger partial charge in [0.2, 0.25) is 21.8 Å². The van der Waals surface area contributed by atoms with Gasteiger partial charge in [0.25, 0.3) is 11.8 Å². The van der Waals surface area contributed by atoms with Gasteiger partial charge in [-0.15, -0.1) is 0 Å². The van der Waals surface area contributed by atoms with E-state index in [1.54, 1.807) is 139 Å². The molecule has 6 aromatic rings. The van der Waals surface area contributed by atoms with Crippen LogP contribution in [0.2, 0.25) is 0 Å². The maximum atomic E-state index is 16.6. The number of fused-ring (bicyclic) bond motifs is 11. The zero-order valence-electron chi connectivity index (χ0n) is 69.3. The molecule has 4 amide bonds. The van der Waals surface area contributed by atoms with Crippen LogP contribution in [-0.2, 0) is 74.3 Å². The largest absolute Gasteiger partial charge is 0.483 e. The molecule has 3 saturated heterocycles. The normalized spacial score (nSPS) is 27.0. The molecule has 26 nitrogen and oxygen atoms in total. The smallest absolute Gasteiger partial charge is 0.411 e. The summed E-state index contributed by atoms with van der Waals surface area (Å²) in [5, 5.41) is 1.30. The molecule has 0 bridgehead atoms. The van der Waals surface area contributed by atoms with Gasteiger partial charge >= 0.3 is 30.1 Å². The number of nitrogens with one attached hydrogen (secondary N) is 1. The predicted molar refractivity (Wildman–Crippen MR) is 423 cm³/mol. The highest BCUT2D eigenvalue weighted by molar-refractivity contribution is 7.91. The fourth-order valence-corrected chi connectivity index (χ4v) is 19.0. The molecule has 10 heterocycles. The number of carbonyl (C=O) groups is 9. The van der Waals surface area contributed by atoms with Crippen molar-refractivity contribution in [2.75, 3.05) is 33.9 Å². The Hall–Kier alpha value is -10.1. The average Bonchev–Trinajstić information content (AvgIpc) is 1.67. The van der Waals surface area contributed by atoms with Crippen molar-refractivity contribution in [1.29, 1.82) is 0 Å². The number of methoxy groups -OCH3 is 2. The van der Waals surface area contributed by atoms with Crippen LogP contribution in [0.3, 0.4) is 0 Å². The van der Waals surface area contributed by atoms with E-state index in [0.717, 1.165) is 28.6 Å². The Bertz CT molecular complexity index is 5250. The van der Waals surface area contributed by atoms with E-state index in [1.807, 2.05) is 36.4 Å². The number of para-hydroxylation sites is 3. The summed E-state index contributed by atoms with van der Waals surface area (Å²) in [5.74, 6) is -11.5. The van der Waals surface area contributed by atoms with Crippen molar-refractivity contribution < 1.29 is 107 Å². The standard InChI is InChI=1S/C41H51F2N3O8S.C23H26F2N2O5.C23H26N2O6/c1-25-34-33(28-15-11-12-16-29(28)44-25)41(42,43)23-39(54-34)21-30-31(47)22-40(36(50)45-55(51,52)38(5)17-18-38)20-27(40)14-10-8-6-7-9-13-26(35(49)46(30)24-39)19-32(48)53-37(2,3)4;1-13-18-17(14-8-6-7-9-15(14)26-13)23(24,25)11-22(31-18)10-16(19(28)30-5)27(12-22)20(29)32-21(2,3)4;1-13-19-18(14-8-6-7-9-15(14)24-13)17(26)11-23(30-19)10-16(20(27)29-5)25(12-23)21(28)31-22(2,3)4/h10-12,14-16,26-27,30H,6-9,13,17-24H2,1-5H3,(H,45,50);6-9,16H,10-12H2,1-5H3;6-9,16H,10-12H2,1-5H3/b14-10-;;/t26-,27-,30+,39+,40-;16-,22?;16-,23?/m100/s1. The molecule has 634 valence electrons. The second-order valence-electron chi connectivity index (χ2n) is 36.4. The number of nitrogens with zero attached hydrogens (tertiary/aromatic N) is 6. The molecule has 2 saturated carbocycles. The predicted octanol–water partition coefficient (Wildman–Crippen LogP) is 14.4. The van der Waals surface area contributed by atoms with Crippen LogP contribution in [0.5, 0.6) is 17.2 Å². The van der Waals surface area contributed by atoms with Gasteiger partial charge in [0.1, 0.15) is 45.7 Å². The molecule has 3 aromatic carbocycles. The highest BCUT2D eigenvalue weighted by Crippen LogP contribution is 2.60. The molecule has 15 rings (SSSR count). The molecule has 0 radical (unpaired) electrons. The molecule has 2 aliphatic carbocycles. The summed E-state index contributed by atoms with van der Waals surface area (Å²) in [4.78, 5) is 138. The van der Waals surface area contributed by atoms with E-state index in [9.17, 15) is 51.6 Å². The number of halogens is 4. The lowest BCUT2D eigenvalue weighted by Crippen LogP contribution is -2.49. The lowest BCUT2D eigenvalue weighted by molar-refractivity contribution is -0.159. The number of esters is 3. The van der Waals surface area contributed by atoms with E-state index >= 15 is 17.6 Å². The van der Waals surface area contributed by atoms with Crippen LogP contribution >= 0.6 is 0 Å². The Morgan fingerprint density at radius 1 is 0.576 bits per heavy atom. The minimum absolute atomic E-state index is 0.00500. The molecule has 118 heavy (non-hydrogen) atoms. The molecule has 5 fully saturated rings. The summed E-state index contributed by atoms with van der Waals surface area (Å²) in [7, 11) is -1.57. The fourth-order valence-electron chi connectivity index (χ4n) is 17.7. The third kappa shape index (κ3) is 17.1. The van der Waals surface area contributed by atoms with E-state index in [1.165, 1.54) is 24.0 Å². The SMILES string of the molecule is COC(=O)[C@@H]1CC2(CC(=O)c3c(c(C)nc4ccccc34)O2)CN1C(=O)OC(C)(C)C.COC(=O)[C@@H]1CC2(CN1C(=O)OC(C)(C)C)CC(F)(F)c1c(c(C)nc3ccccc13)O2.Cc1nc2ccccc2c2c1O[C@@]1(C[C@H]3C(=O)C[C@]4(C(=O)NS(=O)(=O)C5(C)CC5)C[C@H]4/C=C\CCCCC[C@H](CC(=O)OC(C)(C)C)C(=O)N3C1)CC2(F)F. The summed E-state index contributed by atoms with van der Waals surface area (Å²) in [5.41, 5.74) is -5.28. The first-order valence-corrected chi connectivity index (χ1v) is 41.5. The quantitative estimate of drug-likeness (QED) is 0.0671. The van der Waals surface area contributed by atoms with E-state index in [0.29, 0.717) is 71.2 Å². The average molecular weight is 1660 g/mol. The van der Waals surface area contributed by atoms with Gasteiger partial charge in [-0.3, -0.25) is 38.5 Å². The Balaban J connectivity index is 0.000000164. The number of rotatable bonds is 7. The summed E-state index contributed by atoms with van der Waals surface area (Å²) in [6.07, 6.45) is 4.08. The summed E-state index contributed by atoms with van der Waals surface area (Å²) >= 11 is 0. The van der Waals surface area contributed by atoms with Gasteiger partial charge in [-0.05, 0) is 153 Å². The number of likely N-dealkylation sites (tertiary alicyclic amines) is 2. The summed E-state index contributed by atoms with van der Waals surface area (Å²) in [6.45, 7) is 21.5. The molecule has 2 unspecified atom stereocenters. The van der Waals surface area contributed by atoms with Crippen molar-refractivity contribution in [3.05, 3.63) is 119 Å². The number of benzene rings is 3. The Morgan fingerprint density at radius 2 is 1.03 bits per heavy atom. The van der Waals surface area contributed by atoms with E-state index in [2.05, 4.69) is 19.7 Å². The van der Waals surface area contributed by atoms with Gasteiger partial charge in [0.05, 0.1) is 126 Å². The summed E-state index contributed by atoms with van der Waals surface area (Å²) in [6, 6.07) is 17.4. The first-order valence-electron chi connectivity index (χ1n) is 40.1. The van der Waals surface area contributed by atoms with E-state index in [4.69, 9.17) is 37.9 Å². The topological polar surface area (TPSA) is 322 Å². The number of ether oxygens (including phenoxy) is 8. The highest BCUT2D eigenvalue weighted by atomic mass is 32.2. The molecule has 31 heteroatoms. The van der Waals surface area contributed by atoms with Gasteiger partial charge in [-0.2, -0.15) is 0 Å². The van der Waals surface area contributed by atoms with Gasteiger partial charge < -0.3 is 42.8 Å². The second-order valence-corrected chi connectivity index (χ2v) is 38.6. The number of hydrogen-bond acceptors (Lipinski definition) is 22. The van der Waals surface area contributed by atoms with Crippen LogP contribution in [0.25, 0.3) is 32.7 Å². The van der Waals surface area contributed by atoms with Crippen LogP contribution in [0, 0.1) is 38.0 Å². The maximum absolute atomic E-state index is 16.6. The number of hydrogen-bond donors (Lipinski definition) is 1. The van der Waals surface area contributed by atoms with Crippen LogP contribution < -0.4 is 18.9 Å². The van der Waals surface area contributed by atoms with Crippen LogP contribution in [0.15, 0.2) is 84.9 Å². The van der Waals surface area contributed by atoms with Crippen molar-refractivity contribution >= 4 is 96.2 Å². The van der Waals surface area contributed by atoms with E-state index < -0.39 is 163 Å². The molecule has 7 aliphatic heterocycles. The minimum atomic E-state index is -4.02. The second kappa shape index (κ2) is 30.9. The number of aryl methyl sites for hydroxylation is 3. The van der Waals surface area contributed by atoms with Crippen LogP contribution in [0.4, 0.5) is 27.2 Å². The Morgan fingerprint density at radius 3 is 1.53 bits per heavy atom. The molecule has 3 aromatic heterocycles. The fraction of sp³-hybridized carbons (Fsp3) is 0.563. The zero-order valence-corrected chi connectivity index (χ0v) is 70.1. The summed E-state index contributed by atoms with van der Waals surface area (Å²) < 4.78 is 138. The third-order valence-corrected chi connectivity index (χ3v) is 25.7. The van der Waals surface area contributed by atoms with Crippen molar-refractivity contribution in [3.8, 4) is 17.2 Å². The first kappa shape index (κ1) is 85.8. The van der Waals surface area contributed by atoms with Gasteiger partial charge in [-0.25, -0.2) is 60.1 Å². The number of allylic oxidation sites excluding steroid dienone is 2. The van der Waals surface area contributed by atoms with Gasteiger partial charge in [0.15, 0.2) is 28.8 Å². The van der Waals surface area contributed by atoms with Crippen molar-refractivity contribution in [3.63, 3.8) is 0 Å². The molecular weight excluding hydrogens is 1560 g/mol. The van der Waals surface area contributed by atoms with Gasteiger partial charge in [0, 0.05) is 47.8 Å². The molecule has 3 spiro atoms. The molecule has 1 N–H and O–H groups in total. The van der Waals surface area contributed by atoms with E-state index in [-0.39, 0.29) is 97.6 Å². The number of aromatic nitrogens is 3. The lowest BCUT2D eigenvalue weighted by Gasteiger charge is -2.40. The van der Waals surface area contributed by atoms with Crippen molar-refractivity contribution in [1.82, 2.24) is 34.4 Å². The highest BCUT2D eigenvalue weighted by Gasteiger charge is 2.66. The van der Waals surface area contributed by atoms with Crippen molar-refractivity contribution in [2.24, 2.45) is 17.3 Å². The number of amides is 4. The Labute approximate surface area is 682 Å². The number of Topliss-reactive ketones (excluding diaryl/α,β-unsaturated/α-hetero) is 2. The number of sulfonamides is 1.